The fraction of sp³-hybridized carbons (Fsp3) is 0.455. The van der Waals surface area contributed by atoms with Gasteiger partial charge in [-0.15, -0.1) is 0 Å². The van der Waals surface area contributed by atoms with E-state index in [9.17, 15) is 34.4 Å². The second kappa shape index (κ2) is 6.00. The van der Waals surface area contributed by atoms with Crippen molar-refractivity contribution in [1.29, 1.82) is 0 Å². The molecule has 0 bridgehead atoms. The summed E-state index contributed by atoms with van der Waals surface area (Å²) in [6.07, 6.45) is 0. The predicted octanol–water partition coefficient (Wildman–Crippen LogP) is 0.713. The minimum atomic E-state index is -5.99. The number of hydrogen-bond donors (Lipinski definition) is 1. The van der Waals surface area contributed by atoms with E-state index in [1.54, 1.807) is 0 Å². The van der Waals surface area contributed by atoms with Gasteiger partial charge in [0.1, 0.15) is 10.7 Å². The molecule has 0 aliphatic carbocycles. The fourth-order valence-corrected chi connectivity index (χ4v) is 4.41. The van der Waals surface area contributed by atoms with E-state index in [0.717, 1.165) is 10.4 Å². The maximum Gasteiger partial charge on any atom is 0.502 e. The highest BCUT2D eigenvalue weighted by Crippen LogP contribution is 2.33. The van der Waals surface area contributed by atoms with Crippen LogP contribution in [0.1, 0.15) is 0 Å². The topological polar surface area (TPSA) is 83.5 Å². The monoisotopic (exact) mass is 376 g/mol. The normalized spacial score (nSPS) is 18.1. The van der Waals surface area contributed by atoms with Crippen LogP contribution in [0.4, 0.5) is 17.6 Å². The lowest BCUT2D eigenvalue weighted by atomic mass is 10.3. The van der Waals surface area contributed by atoms with Gasteiger partial charge in [-0.05, 0) is 18.2 Å². The van der Waals surface area contributed by atoms with Gasteiger partial charge in [0.25, 0.3) is 9.84 Å². The molecule has 1 aromatic rings. The Morgan fingerprint density at radius 3 is 2.13 bits per heavy atom. The minimum Gasteiger partial charge on any atom is -0.314 e. The molecule has 12 heteroatoms. The number of nitrogens with one attached hydrogen (secondary N) is 1. The van der Waals surface area contributed by atoms with Crippen LogP contribution < -0.4 is 5.32 Å². The van der Waals surface area contributed by atoms with E-state index in [4.69, 9.17) is 0 Å². The molecule has 0 amide bonds. The molecule has 1 aromatic carbocycles. The van der Waals surface area contributed by atoms with Crippen LogP contribution in [0, 0.1) is 5.82 Å². The summed E-state index contributed by atoms with van der Waals surface area (Å²) in [5.74, 6) is -1.67. The number of rotatable bonds is 3. The van der Waals surface area contributed by atoms with Gasteiger partial charge in [-0.1, -0.05) is 0 Å². The molecule has 0 unspecified atom stereocenters. The third-order valence-electron chi connectivity index (χ3n) is 3.21. The molecule has 130 valence electrons. The highest BCUT2D eigenvalue weighted by Gasteiger charge is 2.48. The maximum atomic E-state index is 13.5. The molecule has 6 nitrogen and oxygen atoms in total. The van der Waals surface area contributed by atoms with Crippen LogP contribution in [0.2, 0.25) is 0 Å². The van der Waals surface area contributed by atoms with Crippen LogP contribution in [0.3, 0.4) is 0 Å². The summed E-state index contributed by atoms with van der Waals surface area (Å²) in [6.45, 7) is 0.824. The lowest BCUT2D eigenvalue weighted by Gasteiger charge is -2.26. The Kier molecular flexibility index (Phi) is 4.72. The van der Waals surface area contributed by atoms with E-state index < -0.39 is 41.0 Å². The Labute approximate surface area is 130 Å². The number of piperazine rings is 1. The van der Waals surface area contributed by atoms with Gasteiger partial charge in [0.05, 0.1) is 4.90 Å². The standard InChI is InChI=1S/C11H12F4N2O4S2/c12-9-2-1-8(7-10(9)22(18,19)11(13,14)15)23(20,21)17-5-3-16-4-6-17/h1-2,7,16H,3-6H2. The zero-order chi connectivity index (χ0) is 17.5. The van der Waals surface area contributed by atoms with E-state index in [1.165, 1.54) is 0 Å². The van der Waals surface area contributed by atoms with Gasteiger partial charge in [-0.3, -0.25) is 0 Å². The number of alkyl halides is 3. The summed E-state index contributed by atoms with van der Waals surface area (Å²) in [7, 11) is -10.2. The number of nitrogens with zero attached hydrogens (tertiary/aromatic N) is 1. The van der Waals surface area contributed by atoms with Crippen molar-refractivity contribution in [3.8, 4) is 0 Å². The third kappa shape index (κ3) is 3.34. The molecule has 1 aliphatic rings. The molecule has 23 heavy (non-hydrogen) atoms. The number of hydrogen-bond acceptors (Lipinski definition) is 5. The zero-order valence-corrected chi connectivity index (χ0v) is 13.1. The molecule has 1 heterocycles. The van der Waals surface area contributed by atoms with Gasteiger partial charge in [-0.2, -0.15) is 17.5 Å². The molecule has 0 spiro atoms. The number of sulfonamides is 1. The summed E-state index contributed by atoms with van der Waals surface area (Å²) in [4.78, 5) is -2.41. The number of benzene rings is 1. The molecular weight excluding hydrogens is 364 g/mol. The van der Waals surface area contributed by atoms with Crippen LogP contribution in [0.5, 0.6) is 0 Å². The first-order valence-electron chi connectivity index (χ1n) is 6.30. The van der Waals surface area contributed by atoms with E-state index in [1.807, 2.05) is 0 Å². The molecule has 1 saturated heterocycles. The fourth-order valence-electron chi connectivity index (χ4n) is 2.01. The van der Waals surface area contributed by atoms with Gasteiger partial charge in [0.15, 0.2) is 0 Å². The Morgan fingerprint density at radius 1 is 1.04 bits per heavy atom. The highest BCUT2D eigenvalue weighted by atomic mass is 32.2. The Balaban J connectivity index is 2.53. The number of halogens is 4. The van der Waals surface area contributed by atoms with Crippen LogP contribution in [-0.4, -0.2) is 52.8 Å². The summed E-state index contributed by atoms with van der Waals surface area (Å²) in [6, 6.07) is 1.34. The van der Waals surface area contributed by atoms with Crippen molar-refractivity contribution in [1.82, 2.24) is 9.62 Å². The first-order valence-corrected chi connectivity index (χ1v) is 9.22. The summed E-state index contributed by atoms with van der Waals surface area (Å²) in [5.41, 5.74) is -5.73. The Bertz CT molecular complexity index is 800. The average Bonchev–Trinajstić information content (AvgIpc) is 2.47. The first-order chi connectivity index (χ1) is 10.5. The van der Waals surface area contributed by atoms with E-state index in [-0.39, 0.29) is 19.2 Å². The quantitative estimate of drug-likeness (QED) is 0.786. The van der Waals surface area contributed by atoms with Gasteiger partial charge in [0.2, 0.25) is 10.0 Å². The second-order valence-electron chi connectivity index (χ2n) is 4.70. The lowest BCUT2D eigenvalue weighted by molar-refractivity contribution is -0.0437. The first kappa shape index (κ1) is 18.1. The second-order valence-corrected chi connectivity index (χ2v) is 8.54. The van der Waals surface area contributed by atoms with Gasteiger partial charge in [-0.25, -0.2) is 21.2 Å². The van der Waals surface area contributed by atoms with Gasteiger partial charge in [0, 0.05) is 26.2 Å². The Hall–Kier alpha value is -1.24. The third-order valence-corrected chi connectivity index (χ3v) is 6.61. The molecule has 0 saturated carbocycles. The average molecular weight is 376 g/mol. The van der Waals surface area contributed by atoms with Crippen molar-refractivity contribution in [3.05, 3.63) is 24.0 Å². The van der Waals surface area contributed by atoms with E-state index in [2.05, 4.69) is 5.32 Å². The minimum absolute atomic E-state index is 0.0705. The van der Waals surface area contributed by atoms with Gasteiger partial charge >= 0.3 is 5.51 Å². The molecule has 1 aliphatic heterocycles. The predicted molar refractivity (Wildman–Crippen MR) is 71.3 cm³/mol. The Morgan fingerprint density at radius 2 is 1.61 bits per heavy atom. The molecule has 0 atom stereocenters. The molecule has 1 N–H and O–H groups in total. The van der Waals surface area contributed by atoms with Gasteiger partial charge < -0.3 is 5.32 Å². The molecular formula is C11H12F4N2O4S2. The van der Waals surface area contributed by atoms with E-state index >= 15 is 0 Å². The van der Waals surface area contributed by atoms with E-state index in [0.29, 0.717) is 19.2 Å². The van der Waals surface area contributed by atoms with Crippen LogP contribution in [0.25, 0.3) is 0 Å². The summed E-state index contributed by atoms with van der Waals surface area (Å²) < 4.78 is 99.5. The smallest absolute Gasteiger partial charge is 0.314 e. The van der Waals surface area contributed by atoms with Crippen LogP contribution in [-0.2, 0) is 19.9 Å². The summed E-state index contributed by atoms with van der Waals surface area (Å²) in [5, 5.41) is 2.89. The summed E-state index contributed by atoms with van der Waals surface area (Å²) >= 11 is 0. The van der Waals surface area contributed by atoms with Crippen LogP contribution in [0.15, 0.2) is 28.0 Å². The van der Waals surface area contributed by atoms with Crippen molar-refractivity contribution < 1.29 is 34.4 Å². The molecule has 2 rings (SSSR count). The lowest BCUT2D eigenvalue weighted by Crippen LogP contribution is -2.46. The highest BCUT2D eigenvalue weighted by molar-refractivity contribution is 7.92. The van der Waals surface area contributed by atoms with Crippen molar-refractivity contribution in [2.75, 3.05) is 26.2 Å². The number of sulfone groups is 1. The van der Waals surface area contributed by atoms with Crippen LogP contribution >= 0.6 is 0 Å². The molecule has 0 radical (unpaired) electrons. The molecule has 0 aromatic heterocycles. The molecule has 1 fully saturated rings. The van der Waals surface area contributed by atoms with Crippen molar-refractivity contribution in [2.45, 2.75) is 15.3 Å². The largest absolute Gasteiger partial charge is 0.502 e. The maximum absolute atomic E-state index is 13.5. The van der Waals surface area contributed by atoms with Crippen molar-refractivity contribution >= 4 is 19.9 Å². The van der Waals surface area contributed by atoms with Crippen molar-refractivity contribution in [2.24, 2.45) is 0 Å². The SMILES string of the molecule is O=S(=O)(c1ccc(F)c(S(=O)(=O)C(F)(F)F)c1)N1CCNCC1. The zero-order valence-electron chi connectivity index (χ0n) is 11.5. The van der Waals surface area contributed by atoms with Crippen molar-refractivity contribution in [3.63, 3.8) is 0 Å².